The summed E-state index contributed by atoms with van der Waals surface area (Å²) in [7, 11) is 0. The maximum absolute atomic E-state index is 12.9. The molecule has 2 aliphatic heterocycles. The Labute approximate surface area is 167 Å². The highest BCUT2D eigenvalue weighted by atomic mass is 16.4. The average molecular weight is 394 g/mol. The fourth-order valence-electron chi connectivity index (χ4n) is 4.32. The van der Waals surface area contributed by atoms with E-state index in [1.807, 2.05) is 19.1 Å². The maximum atomic E-state index is 12.9. The number of carboxylic acids is 1. The molecule has 2 heterocycles. The van der Waals surface area contributed by atoms with Crippen LogP contribution in [0.5, 0.6) is 0 Å². The molecule has 2 aliphatic rings. The average Bonchev–Trinajstić information content (AvgIpc) is 3.10. The van der Waals surface area contributed by atoms with Gasteiger partial charge >= 0.3 is 5.97 Å². The Kier molecular flexibility index (Phi) is 4.82. The van der Waals surface area contributed by atoms with Crippen molar-refractivity contribution in [1.82, 2.24) is 9.80 Å². The molecule has 4 rings (SSSR count). The van der Waals surface area contributed by atoms with Gasteiger partial charge in [-0.05, 0) is 29.9 Å². The molecule has 150 valence electrons. The number of nitrogens with zero attached hydrogens (tertiary/aromatic N) is 2. The first-order chi connectivity index (χ1) is 13.9. The summed E-state index contributed by atoms with van der Waals surface area (Å²) in [4.78, 5) is 52.2. The van der Waals surface area contributed by atoms with E-state index >= 15 is 0 Å². The van der Waals surface area contributed by atoms with E-state index in [2.05, 4.69) is 0 Å². The summed E-state index contributed by atoms with van der Waals surface area (Å²) in [5.74, 6) is -2.33. The van der Waals surface area contributed by atoms with Crippen molar-refractivity contribution in [1.29, 1.82) is 0 Å². The van der Waals surface area contributed by atoms with Crippen molar-refractivity contribution < 1.29 is 24.3 Å². The number of imide groups is 1. The molecule has 1 saturated heterocycles. The fourth-order valence-corrected chi connectivity index (χ4v) is 4.32. The van der Waals surface area contributed by atoms with Crippen LogP contribution in [-0.4, -0.2) is 58.2 Å². The molecule has 2 aromatic carbocycles. The van der Waals surface area contributed by atoms with Crippen molar-refractivity contribution in [2.75, 3.05) is 19.6 Å². The van der Waals surface area contributed by atoms with Gasteiger partial charge in [0.2, 0.25) is 5.91 Å². The van der Waals surface area contributed by atoms with E-state index < -0.39 is 11.9 Å². The zero-order valence-corrected chi connectivity index (χ0v) is 16.1. The molecule has 0 saturated carbocycles. The normalized spacial score (nSPS) is 21.1. The Bertz CT molecular complexity index is 980. The van der Waals surface area contributed by atoms with Crippen LogP contribution in [-0.2, 0) is 9.59 Å². The topological polar surface area (TPSA) is 95.0 Å². The number of amides is 3. The lowest BCUT2D eigenvalue weighted by molar-refractivity contribution is -0.142. The monoisotopic (exact) mass is 394 g/mol. The molecule has 0 unspecified atom stereocenters. The zero-order valence-electron chi connectivity index (χ0n) is 16.1. The standard InChI is InChI=1S/C22H22N2O5/c1-13-11-23(12-17(13)22(28)29)18(25)9-4-10-24-20(26)15-7-2-5-14-6-3-8-16(19(14)15)21(24)27/h2-3,5-8,13,17H,4,9-12H2,1H3,(H,28,29)/t13-,17-/m1/s1. The third-order valence-electron chi connectivity index (χ3n) is 5.91. The van der Waals surface area contributed by atoms with E-state index in [0.717, 1.165) is 5.39 Å². The first-order valence-corrected chi connectivity index (χ1v) is 9.77. The molecular weight excluding hydrogens is 372 g/mol. The highest BCUT2D eigenvalue weighted by Crippen LogP contribution is 2.30. The molecule has 3 amide bonds. The van der Waals surface area contributed by atoms with Crippen molar-refractivity contribution in [2.24, 2.45) is 11.8 Å². The summed E-state index contributed by atoms with van der Waals surface area (Å²) in [6, 6.07) is 10.8. The smallest absolute Gasteiger partial charge is 0.308 e. The highest BCUT2D eigenvalue weighted by Gasteiger charge is 2.37. The van der Waals surface area contributed by atoms with Gasteiger partial charge in [0.25, 0.3) is 11.8 Å². The van der Waals surface area contributed by atoms with Gasteiger partial charge in [0.1, 0.15) is 0 Å². The van der Waals surface area contributed by atoms with Crippen LogP contribution in [0.1, 0.15) is 40.5 Å². The van der Waals surface area contributed by atoms with E-state index in [0.29, 0.717) is 29.5 Å². The van der Waals surface area contributed by atoms with Gasteiger partial charge in [0.05, 0.1) is 5.92 Å². The molecule has 0 aromatic heterocycles. The predicted molar refractivity (Wildman–Crippen MR) is 105 cm³/mol. The molecular formula is C22H22N2O5. The summed E-state index contributed by atoms with van der Waals surface area (Å²) in [6.07, 6.45) is 0.513. The molecule has 0 radical (unpaired) electrons. The van der Waals surface area contributed by atoms with Gasteiger partial charge in [0, 0.05) is 42.6 Å². The molecule has 0 spiro atoms. The lowest BCUT2D eigenvalue weighted by Crippen LogP contribution is -2.41. The predicted octanol–water partition coefficient (Wildman–Crippen LogP) is 2.40. The molecule has 1 fully saturated rings. The molecule has 7 heteroatoms. The molecule has 1 N–H and O–H groups in total. The van der Waals surface area contributed by atoms with Crippen LogP contribution in [0.3, 0.4) is 0 Å². The minimum absolute atomic E-state index is 0.0845. The molecule has 0 aliphatic carbocycles. The number of likely N-dealkylation sites (tertiary alicyclic amines) is 1. The van der Waals surface area contributed by atoms with Gasteiger partial charge < -0.3 is 10.0 Å². The van der Waals surface area contributed by atoms with E-state index in [4.69, 9.17) is 0 Å². The number of aliphatic carboxylic acids is 1. The molecule has 2 aromatic rings. The Morgan fingerprint density at radius 1 is 1.03 bits per heavy atom. The van der Waals surface area contributed by atoms with E-state index in [1.165, 1.54) is 4.90 Å². The minimum Gasteiger partial charge on any atom is -0.481 e. The van der Waals surface area contributed by atoms with Crippen LogP contribution in [0.25, 0.3) is 10.8 Å². The number of benzene rings is 2. The molecule has 7 nitrogen and oxygen atoms in total. The molecule has 0 bridgehead atoms. The molecule has 29 heavy (non-hydrogen) atoms. The summed E-state index contributed by atoms with van der Waals surface area (Å²) in [5.41, 5.74) is 1.00. The lowest BCUT2D eigenvalue weighted by atomic mass is 9.94. The zero-order chi connectivity index (χ0) is 20.7. The van der Waals surface area contributed by atoms with E-state index in [1.54, 1.807) is 29.2 Å². The van der Waals surface area contributed by atoms with E-state index in [9.17, 15) is 24.3 Å². The Morgan fingerprint density at radius 2 is 1.66 bits per heavy atom. The van der Waals surface area contributed by atoms with Gasteiger partial charge in [-0.1, -0.05) is 31.2 Å². The SMILES string of the molecule is C[C@@H]1CN(C(=O)CCCN2C(=O)c3cccc4cccc(c34)C2=O)C[C@H]1C(=O)O. The van der Waals surface area contributed by atoms with E-state index in [-0.39, 0.29) is 43.1 Å². The summed E-state index contributed by atoms with van der Waals surface area (Å²) < 4.78 is 0. The number of hydrogen-bond acceptors (Lipinski definition) is 4. The summed E-state index contributed by atoms with van der Waals surface area (Å²) in [5, 5.41) is 10.7. The van der Waals surface area contributed by atoms with Crippen molar-refractivity contribution in [2.45, 2.75) is 19.8 Å². The number of carbonyl (C=O) groups excluding carboxylic acids is 3. The summed E-state index contributed by atoms with van der Waals surface area (Å²) >= 11 is 0. The lowest BCUT2D eigenvalue weighted by Gasteiger charge is -2.27. The van der Waals surface area contributed by atoms with Crippen LogP contribution in [0.2, 0.25) is 0 Å². The van der Waals surface area contributed by atoms with Gasteiger partial charge in [-0.15, -0.1) is 0 Å². The number of rotatable bonds is 5. The van der Waals surface area contributed by atoms with Crippen LogP contribution >= 0.6 is 0 Å². The van der Waals surface area contributed by atoms with Crippen molar-refractivity contribution >= 4 is 34.5 Å². The third-order valence-corrected chi connectivity index (χ3v) is 5.91. The van der Waals surface area contributed by atoms with Gasteiger partial charge in [-0.2, -0.15) is 0 Å². The molecule has 2 atom stereocenters. The van der Waals surface area contributed by atoms with Crippen molar-refractivity contribution in [3.8, 4) is 0 Å². The Morgan fingerprint density at radius 3 is 2.21 bits per heavy atom. The minimum atomic E-state index is -0.884. The largest absolute Gasteiger partial charge is 0.481 e. The summed E-state index contributed by atoms with van der Waals surface area (Å²) in [6.45, 7) is 2.62. The number of hydrogen-bond donors (Lipinski definition) is 1. The second-order valence-electron chi connectivity index (χ2n) is 7.80. The highest BCUT2D eigenvalue weighted by molar-refractivity contribution is 6.25. The third kappa shape index (κ3) is 3.26. The Hall–Kier alpha value is -3.22. The second-order valence-corrected chi connectivity index (χ2v) is 7.80. The number of carboxylic acid groups (broad SMARTS) is 1. The van der Waals surface area contributed by atoms with Crippen LogP contribution in [0, 0.1) is 11.8 Å². The van der Waals surface area contributed by atoms with Crippen LogP contribution in [0.15, 0.2) is 36.4 Å². The second kappa shape index (κ2) is 7.31. The van der Waals surface area contributed by atoms with Crippen LogP contribution < -0.4 is 0 Å². The van der Waals surface area contributed by atoms with Gasteiger partial charge in [-0.25, -0.2) is 0 Å². The van der Waals surface area contributed by atoms with Crippen LogP contribution in [0.4, 0.5) is 0 Å². The fraction of sp³-hybridized carbons (Fsp3) is 0.364. The Balaban J connectivity index is 1.42. The van der Waals surface area contributed by atoms with Gasteiger partial charge in [0.15, 0.2) is 0 Å². The quantitative estimate of drug-likeness (QED) is 0.786. The first kappa shape index (κ1) is 19.1. The van der Waals surface area contributed by atoms with Gasteiger partial charge in [-0.3, -0.25) is 24.1 Å². The van der Waals surface area contributed by atoms with Crippen molar-refractivity contribution in [3.05, 3.63) is 47.5 Å². The number of carbonyl (C=O) groups is 4. The first-order valence-electron chi connectivity index (χ1n) is 9.77. The maximum Gasteiger partial charge on any atom is 0.308 e. The van der Waals surface area contributed by atoms with Crippen molar-refractivity contribution in [3.63, 3.8) is 0 Å².